The molecular formula is C21H23N3O4. The second kappa shape index (κ2) is 8.56. The van der Waals surface area contributed by atoms with Gasteiger partial charge in [0.2, 0.25) is 11.7 Å². The Balaban J connectivity index is 1.87. The highest BCUT2D eigenvalue weighted by Gasteiger charge is 2.26. The van der Waals surface area contributed by atoms with Crippen LogP contribution in [0.4, 0.5) is 0 Å². The van der Waals surface area contributed by atoms with Crippen LogP contribution < -0.4 is 9.47 Å². The molecule has 0 radical (unpaired) electrons. The number of benzene rings is 2. The van der Waals surface area contributed by atoms with Gasteiger partial charge in [-0.3, -0.25) is 4.79 Å². The molecule has 146 valence electrons. The van der Waals surface area contributed by atoms with Gasteiger partial charge in [0.15, 0.2) is 11.5 Å². The van der Waals surface area contributed by atoms with Crippen molar-refractivity contribution >= 4 is 5.91 Å². The Hall–Kier alpha value is -3.35. The predicted octanol–water partition coefficient (Wildman–Crippen LogP) is 3.80. The summed E-state index contributed by atoms with van der Waals surface area (Å²) in [6.07, 6.45) is 0. The maximum atomic E-state index is 13.2. The van der Waals surface area contributed by atoms with Crippen molar-refractivity contribution in [3.8, 4) is 22.9 Å². The molecule has 0 bridgehead atoms. The number of rotatable bonds is 7. The number of methoxy groups -OCH3 is 2. The first-order valence-corrected chi connectivity index (χ1v) is 8.95. The van der Waals surface area contributed by atoms with Crippen LogP contribution in [0.25, 0.3) is 11.4 Å². The largest absolute Gasteiger partial charge is 0.493 e. The fourth-order valence-corrected chi connectivity index (χ4v) is 2.87. The summed E-state index contributed by atoms with van der Waals surface area (Å²) in [5.74, 6) is 1.55. The molecule has 1 heterocycles. The Morgan fingerprint density at radius 1 is 1.07 bits per heavy atom. The molecule has 0 aliphatic carbocycles. The second-order valence-corrected chi connectivity index (χ2v) is 6.45. The molecule has 7 nitrogen and oxygen atoms in total. The smallest absolute Gasteiger partial charge is 0.258 e. The van der Waals surface area contributed by atoms with Crippen molar-refractivity contribution in [3.63, 3.8) is 0 Å². The fourth-order valence-electron chi connectivity index (χ4n) is 2.87. The standard InChI is InChI=1S/C21H23N3O4/c1-14(2)24(21(25)16-11-8-12-17(26-3)19(16)27-4)13-18-22-20(23-28-18)15-9-6-5-7-10-15/h5-12,14H,13H2,1-4H3. The highest BCUT2D eigenvalue weighted by Crippen LogP contribution is 2.32. The van der Waals surface area contributed by atoms with Gasteiger partial charge < -0.3 is 18.9 Å². The van der Waals surface area contributed by atoms with Gasteiger partial charge in [-0.1, -0.05) is 41.6 Å². The van der Waals surface area contributed by atoms with Crippen molar-refractivity contribution in [2.24, 2.45) is 0 Å². The van der Waals surface area contributed by atoms with Gasteiger partial charge in [0, 0.05) is 11.6 Å². The Morgan fingerprint density at radius 2 is 1.82 bits per heavy atom. The summed E-state index contributed by atoms with van der Waals surface area (Å²) in [5.41, 5.74) is 1.27. The maximum Gasteiger partial charge on any atom is 0.258 e. The van der Waals surface area contributed by atoms with Crippen LogP contribution in [-0.4, -0.2) is 41.2 Å². The highest BCUT2D eigenvalue weighted by atomic mass is 16.5. The van der Waals surface area contributed by atoms with Crippen LogP contribution in [0, 0.1) is 0 Å². The lowest BCUT2D eigenvalue weighted by atomic mass is 10.1. The average molecular weight is 381 g/mol. The van der Waals surface area contributed by atoms with Crippen molar-refractivity contribution in [1.82, 2.24) is 15.0 Å². The third kappa shape index (κ3) is 3.98. The molecule has 0 aliphatic heterocycles. The van der Waals surface area contributed by atoms with Crippen LogP contribution in [-0.2, 0) is 6.54 Å². The normalized spacial score (nSPS) is 10.8. The first-order valence-electron chi connectivity index (χ1n) is 8.95. The van der Waals surface area contributed by atoms with Crippen LogP contribution in [0.15, 0.2) is 53.1 Å². The molecule has 2 aromatic carbocycles. The lowest BCUT2D eigenvalue weighted by Crippen LogP contribution is -2.36. The van der Waals surface area contributed by atoms with E-state index in [1.807, 2.05) is 44.2 Å². The minimum atomic E-state index is -0.204. The first kappa shape index (κ1) is 19.4. The van der Waals surface area contributed by atoms with Crippen molar-refractivity contribution < 1.29 is 18.8 Å². The molecule has 1 amide bonds. The summed E-state index contributed by atoms with van der Waals surface area (Å²) in [7, 11) is 3.05. The highest BCUT2D eigenvalue weighted by molar-refractivity contribution is 5.98. The number of aromatic nitrogens is 2. The Morgan fingerprint density at radius 3 is 2.46 bits per heavy atom. The monoisotopic (exact) mass is 381 g/mol. The number of hydrogen-bond acceptors (Lipinski definition) is 6. The van der Waals surface area contributed by atoms with E-state index in [4.69, 9.17) is 14.0 Å². The molecule has 28 heavy (non-hydrogen) atoms. The van der Waals surface area contributed by atoms with Crippen molar-refractivity contribution in [2.45, 2.75) is 26.4 Å². The zero-order valence-electron chi connectivity index (χ0n) is 16.4. The molecule has 3 aromatic rings. The third-order valence-corrected chi connectivity index (χ3v) is 4.32. The van der Waals surface area contributed by atoms with Crippen LogP contribution in [0.1, 0.15) is 30.1 Å². The average Bonchev–Trinajstić information content (AvgIpc) is 3.20. The van der Waals surface area contributed by atoms with Crippen LogP contribution in [0.3, 0.4) is 0 Å². The van der Waals surface area contributed by atoms with Crippen molar-refractivity contribution in [2.75, 3.05) is 14.2 Å². The minimum absolute atomic E-state index is 0.0875. The van der Waals surface area contributed by atoms with Gasteiger partial charge in [-0.05, 0) is 26.0 Å². The van der Waals surface area contributed by atoms with Crippen LogP contribution in [0.5, 0.6) is 11.5 Å². The number of carbonyl (C=O) groups excluding carboxylic acids is 1. The topological polar surface area (TPSA) is 77.7 Å². The van der Waals surface area contributed by atoms with E-state index in [1.165, 1.54) is 14.2 Å². The summed E-state index contributed by atoms with van der Waals surface area (Å²) in [6, 6.07) is 14.7. The van der Waals surface area contributed by atoms with Gasteiger partial charge in [-0.15, -0.1) is 0 Å². The summed E-state index contributed by atoms with van der Waals surface area (Å²) in [5, 5.41) is 4.02. The second-order valence-electron chi connectivity index (χ2n) is 6.45. The Kier molecular flexibility index (Phi) is 5.93. The Bertz CT molecular complexity index is 938. The van der Waals surface area contributed by atoms with E-state index >= 15 is 0 Å². The first-order chi connectivity index (χ1) is 13.5. The van der Waals surface area contributed by atoms with Crippen molar-refractivity contribution in [3.05, 3.63) is 60.0 Å². The number of carbonyl (C=O) groups is 1. The lowest BCUT2D eigenvalue weighted by molar-refractivity contribution is 0.0663. The number of nitrogens with zero attached hydrogens (tertiary/aromatic N) is 3. The summed E-state index contributed by atoms with van der Waals surface area (Å²) in [4.78, 5) is 19.3. The van der Waals surface area contributed by atoms with Crippen LogP contribution in [0.2, 0.25) is 0 Å². The third-order valence-electron chi connectivity index (χ3n) is 4.32. The van der Waals surface area contributed by atoms with E-state index in [-0.39, 0.29) is 18.5 Å². The number of ether oxygens (including phenoxy) is 2. The molecular weight excluding hydrogens is 358 g/mol. The fraction of sp³-hybridized carbons (Fsp3) is 0.286. The Labute approximate surface area is 163 Å². The molecule has 1 aromatic heterocycles. The van der Waals surface area contributed by atoms with Gasteiger partial charge in [-0.2, -0.15) is 4.98 Å². The van der Waals surface area contributed by atoms with Crippen molar-refractivity contribution in [1.29, 1.82) is 0 Å². The zero-order valence-corrected chi connectivity index (χ0v) is 16.4. The molecule has 0 saturated carbocycles. The van der Waals surface area contributed by atoms with E-state index in [9.17, 15) is 4.79 Å². The molecule has 0 saturated heterocycles. The number of hydrogen-bond donors (Lipinski definition) is 0. The zero-order chi connectivity index (χ0) is 20.1. The van der Waals surface area contributed by atoms with Gasteiger partial charge in [-0.25, -0.2) is 0 Å². The van der Waals surface area contributed by atoms with Gasteiger partial charge in [0.1, 0.15) is 6.54 Å². The summed E-state index contributed by atoms with van der Waals surface area (Å²) < 4.78 is 16.1. The quantitative estimate of drug-likeness (QED) is 0.619. The van der Waals surface area contributed by atoms with E-state index in [1.54, 1.807) is 23.1 Å². The lowest BCUT2D eigenvalue weighted by Gasteiger charge is -2.26. The van der Waals surface area contributed by atoms with E-state index in [2.05, 4.69) is 10.1 Å². The van der Waals surface area contributed by atoms with Crippen LogP contribution >= 0.6 is 0 Å². The van der Waals surface area contributed by atoms with E-state index in [0.29, 0.717) is 28.8 Å². The number of para-hydroxylation sites is 1. The SMILES string of the molecule is COc1cccc(C(=O)N(Cc2nc(-c3ccccc3)no2)C(C)C)c1OC. The predicted molar refractivity (Wildman–Crippen MR) is 104 cm³/mol. The molecule has 0 atom stereocenters. The van der Waals surface area contributed by atoms with Gasteiger partial charge >= 0.3 is 0 Å². The molecule has 0 fully saturated rings. The van der Waals surface area contributed by atoms with Gasteiger partial charge in [0.25, 0.3) is 5.91 Å². The van der Waals surface area contributed by atoms with Gasteiger partial charge in [0.05, 0.1) is 19.8 Å². The molecule has 7 heteroatoms. The molecule has 0 N–H and O–H groups in total. The maximum absolute atomic E-state index is 13.2. The number of amides is 1. The summed E-state index contributed by atoms with van der Waals surface area (Å²) >= 11 is 0. The molecule has 0 unspecified atom stereocenters. The molecule has 0 spiro atoms. The molecule has 0 aliphatic rings. The van der Waals surface area contributed by atoms with E-state index < -0.39 is 0 Å². The molecule has 3 rings (SSSR count). The summed E-state index contributed by atoms with van der Waals surface area (Å²) in [6.45, 7) is 4.05. The van der Waals surface area contributed by atoms with E-state index in [0.717, 1.165) is 5.56 Å². The minimum Gasteiger partial charge on any atom is -0.493 e.